The van der Waals surface area contributed by atoms with Gasteiger partial charge in [0, 0.05) is 18.7 Å². The van der Waals surface area contributed by atoms with E-state index < -0.39 is 11.9 Å². The maximum absolute atomic E-state index is 12.4. The fourth-order valence-corrected chi connectivity index (χ4v) is 2.88. The van der Waals surface area contributed by atoms with Crippen LogP contribution in [0.15, 0.2) is 48.5 Å². The molecule has 2 amide bonds. The predicted octanol–water partition coefficient (Wildman–Crippen LogP) is 1.31. The Morgan fingerprint density at radius 3 is 2.11 bits per heavy atom. The Bertz CT molecular complexity index is 784. The summed E-state index contributed by atoms with van der Waals surface area (Å²) >= 11 is 0. The van der Waals surface area contributed by atoms with Crippen LogP contribution in [-0.4, -0.2) is 49.1 Å². The van der Waals surface area contributed by atoms with Crippen LogP contribution in [0.25, 0.3) is 0 Å². The molecule has 3 rings (SSSR count). The normalized spacial score (nSPS) is 15.2. The zero-order valence-corrected chi connectivity index (χ0v) is 15.0. The van der Waals surface area contributed by atoms with Crippen LogP contribution in [0, 0.1) is 0 Å². The number of nitrogens with zero attached hydrogens (tertiary/aromatic N) is 1. The molecule has 0 bridgehead atoms. The van der Waals surface area contributed by atoms with Crippen LogP contribution in [0.2, 0.25) is 0 Å². The monoisotopic (exact) mass is 369 g/mol. The Kier molecular flexibility index (Phi) is 6.05. The summed E-state index contributed by atoms with van der Waals surface area (Å²) in [5, 5.41) is 0. The quantitative estimate of drug-likeness (QED) is 0.798. The highest BCUT2D eigenvalue weighted by atomic mass is 16.5. The lowest BCUT2D eigenvalue weighted by atomic mass is 10.1. The molecule has 1 unspecified atom stereocenters. The van der Waals surface area contributed by atoms with Crippen LogP contribution >= 0.6 is 0 Å². The van der Waals surface area contributed by atoms with Crippen molar-refractivity contribution in [1.29, 1.82) is 0 Å². The first kappa shape index (κ1) is 18.9. The van der Waals surface area contributed by atoms with Crippen molar-refractivity contribution in [2.45, 2.75) is 12.5 Å². The minimum atomic E-state index is -0.573. The lowest BCUT2D eigenvalue weighted by Crippen LogP contribution is -2.49. The first-order valence-electron chi connectivity index (χ1n) is 8.82. The van der Waals surface area contributed by atoms with Gasteiger partial charge in [-0.2, -0.15) is 0 Å². The van der Waals surface area contributed by atoms with Crippen molar-refractivity contribution in [3.63, 3.8) is 0 Å². The van der Waals surface area contributed by atoms with Gasteiger partial charge in [0.05, 0.1) is 19.3 Å². The van der Waals surface area contributed by atoms with Crippen LogP contribution in [0.4, 0.5) is 0 Å². The molecule has 0 aromatic heterocycles. The highest BCUT2D eigenvalue weighted by Gasteiger charge is 2.22. The molecule has 0 radical (unpaired) electrons. The van der Waals surface area contributed by atoms with Crippen molar-refractivity contribution >= 4 is 11.8 Å². The number of carbonyl (C=O) groups excluding carboxylic acids is 2. The van der Waals surface area contributed by atoms with E-state index in [-0.39, 0.29) is 5.91 Å². The zero-order valence-electron chi connectivity index (χ0n) is 15.0. The van der Waals surface area contributed by atoms with Gasteiger partial charge in [-0.15, -0.1) is 0 Å². The smallest absolute Gasteiger partial charge is 0.248 e. The molecule has 1 atom stereocenters. The number of benzene rings is 2. The van der Waals surface area contributed by atoms with Crippen LogP contribution in [0.3, 0.4) is 0 Å². The Hall–Kier alpha value is -2.90. The van der Waals surface area contributed by atoms with Crippen molar-refractivity contribution in [1.82, 2.24) is 4.90 Å². The van der Waals surface area contributed by atoms with Crippen molar-refractivity contribution in [3.8, 4) is 11.5 Å². The van der Waals surface area contributed by atoms with Crippen molar-refractivity contribution < 1.29 is 19.1 Å². The molecule has 1 aliphatic heterocycles. The molecule has 27 heavy (non-hydrogen) atoms. The Morgan fingerprint density at radius 1 is 1.00 bits per heavy atom. The molecular weight excluding hydrogens is 346 g/mol. The highest BCUT2D eigenvalue weighted by molar-refractivity contribution is 5.92. The Labute approximate surface area is 157 Å². The third-order valence-electron chi connectivity index (χ3n) is 4.39. The molecule has 1 saturated heterocycles. The predicted molar refractivity (Wildman–Crippen MR) is 101 cm³/mol. The topological polar surface area (TPSA) is 108 Å². The number of rotatable bonds is 6. The lowest BCUT2D eigenvalue weighted by Gasteiger charge is -2.29. The van der Waals surface area contributed by atoms with Crippen molar-refractivity contribution in [3.05, 3.63) is 59.7 Å². The van der Waals surface area contributed by atoms with E-state index >= 15 is 0 Å². The van der Waals surface area contributed by atoms with Gasteiger partial charge in [0.15, 0.2) is 0 Å². The molecule has 4 N–H and O–H groups in total. The third kappa shape index (κ3) is 5.06. The maximum Gasteiger partial charge on any atom is 0.248 e. The molecule has 7 heteroatoms. The molecule has 142 valence electrons. The maximum atomic E-state index is 12.4. The minimum absolute atomic E-state index is 0.0480. The second-order valence-electron chi connectivity index (χ2n) is 6.38. The molecule has 1 aliphatic rings. The minimum Gasteiger partial charge on any atom is -0.457 e. The average Bonchev–Trinajstić information content (AvgIpc) is 2.70. The van der Waals surface area contributed by atoms with E-state index in [2.05, 4.69) is 0 Å². The summed E-state index contributed by atoms with van der Waals surface area (Å²) in [6, 6.07) is 13.4. The Morgan fingerprint density at radius 2 is 1.56 bits per heavy atom. The van der Waals surface area contributed by atoms with E-state index in [1.165, 1.54) is 0 Å². The number of amides is 2. The van der Waals surface area contributed by atoms with Gasteiger partial charge in [-0.3, -0.25) is 9.59 Å². The standard InChI is InChI=1S/C20H23N3O4/c21-18(20(25)23-9-11-26-12-10-23)13-14-1-5-16(6-2-14)27-17-7-3-15(4-8-17)19(22)24/h1-8,18H,9-13,21H2,(H2,22,24). The van der Waals surface area contributed by atoms with Gasteiger partial charge in [-0.25, -0.2) is 0 Å². The molecule has 1 heterocycles. The summed E-state index contributed by atoms with van der Waals surface area (Å²) in [5.41, 5.74) is 12.7. The summed E-state index contributed by atoms with van der Waals surface area (Å²) in [5.74, 6) is 0.729. The van der Waals surface area contributed by atoms with Crippen molar-refractivity contribution in [2.75, 3.05) is 26.3 Å². The fraction of sp³-hybridized carbons (Fsp3) is 0.300. The number of hydrogen-bond acceptors (Lipinski definition) is 5. The third-order valence-corrected chi connectivity index (χ3v) is 4.39. The number of morpholine rings is 1. The number of hydrogen-bond donors (Lipinski definition) is 2. The SMILES string of the molecule is NC(=O)c1ccc(Oc2ccc(CC(N)C(=O)N3CCOCC3)cc2)cc1. The van der Waals surface area contributed by atoms with E-state index in [0.717, 1.165) is 5.56 Å². The van der Waals surface area contributed by atoms with Gasteiger partial charge in [0.2, 0.25) is 11.8 Å². The van der Waals surface area contributed by atoms with Gasteiger partial charge in [-0.1, -0.05) is 12.1 Å². The van der Waals surface area contributed by atoms with Gasteiger partial charge in [0.1, 0.15) is 11.5 Å². The number of carbonyl (C=O) groups is 2. The van der Waals surface area contributed by atoms with Crippen LogP contribution in [0.5, 0.6) is 11.5 Å². The fourth-order valence-electron chi connectivity index (χ4n) is 2.88. The van der Waals surface area contributed by atoms with Gasteiger partial charge in [-0.05, 0) is 48.4 Å². The summed E-state index contributed by atoms with van der Waals surface area (Å²) in [6.45, 7) is 2.30. The van der Waals surface area contributed by atoms with E-state index in [9.17, 15) is 9.59 Å². The Balaban J connectivity index is 1.56. The van der Waals surface area contributed by atoms with Gasteiger partial charge < -0.3 is 25.8 Å². The second kappa shape index (κ2) is 8.66. The zero-order chi connectivity index (χ0) is 19.2. The molecule has 0 aliphatic carbocycles. The first-order chi connectivity index (χ1) is 13.0. The van der Waals surface area contributed by atoms with Crippen LogP contribution < -0.4 is 16.2 Å². The number of nitrogens with two attached hydrogens (primary N) is 2. The molecular formula is C20H23N3O4. The summed E-state index contributed by atoms with van der Waals surface area (Å²) in [4.78, 5) is 25.2. The van der Waals surface area contributed by atoms with E-state index in [0.29, 0.717) is 49.8 Å². The van der Waals surface area contributed by atoms with Crippen LogP contribution in [-0.2, 0) is 16.0 Å². The van der Waals surface area contributed by atoms with E-state index in [1.807, 2.05) is 24.3 Å². The van der Waals surface area contributed by atoms with Gasteiger partial charge in [0.25, 0.3) is 0 Å². The van der Waals surface area contributed by atoms with E-state index in [4.69, 9.17) is 20.9 Å². The molecule has 2 aromatic carbocycles. The summed E-state index contributed by atoms with van der Waals surface area (Å²) < 4.78 is 11.0. The lowest BCUT2D eigenvalue weighted by molar-refractivity contribution is -0.136. The number of primary amides is 1. The highest BCUT2D eigenvalue weighted by Crippen LogP contribution is 2.22. The molecule has 2 aromatic rings. The molecule has 0 saturated carbocycles. The van der Waals surface area contributed by atoms with E-state index in [1.54, 1.807) is 29.2 Å². The number of ether oxygens (including phenoxy) is 2. The molecule has 1 fully saturated rings. The average molecular weight is 369 g/mol. The van der Waals surface area contributed by atoms with Crippen molar-refractivity contribution in [2.24, 2.45) is 11.5 Å². The summed E-state index contributed by atoms with van der Waals surface area (Å²) in [7, 11) is 0. The molecule has 7 nitrogen and oxygen atoms in total. The second-order valence-corrected chi connectivity index (χ2v) is 6.38. The first-order valence-corrected chi connectivity index (χ1v) is 8.82. The van der Waals surface area contributed by atoms with Gasteiger partial charge >= 0.3 is 0 Å². The summed E-state index contributed by atoms with van der Waals surface area (Å²) in [6.07, 6.45) is 0.462. The molecule has 0 spiro atoms. The van der Waals surface area contributed by atoms with Crippen LogP contribution in [0.1, 0.15) is 15.9 Å². The largest absolute Gasteiger partial charge is 0.457 e.